The maximum Gasteiger partial charge on any atom is 0.193 e. The number of nitrogens with zero attached hydrogens (tertiary/aromatic N) is 4. The predicted molar refractivity (Wildman–Crippen MR) is 59.2 cm³/mol. The van der Waals surface area contributed by atoms with Gasteiger partial charge in [0.1, 0.15) is 16.6 Å². The van der Waals surface area contributed by atoms with E-state index in [0.717, 1.165) is 0 Å². The first-order chi connectivity index (χ1) is 7.75. The molecule has 0 aromatic carbocycles. The molecule has 16 heavy (non-hydrogen) atoms. The first kappa shape index (κ1) is 10.5. The highest BCUT2D eigenvalue weighted by Gasteiger charge is 2.03. The van der Waals surface area contributed by atoms with Gasteiger partial charge in [0.15, 0.2) is 5.16 Å². The fourth-order valence-electron chi connectivity index (χ4n) is 0.940. The first-order valence-corrected chi connectivity index (χ1v) is 5.18. The van der Waals surface area contributed by atoms with Crippen molar-refractivity contribution in [2.75, 3.05) is 0 Å². The molecule has 2 aromatic rings. The quantitative estimate of drug-likeness (QED) is 0.459. The SMILES string of the molecule is N=C(N)c1cnc(Sc2ncccn2)cn1. The Morgan fingerprint density at radius 1 is 1.12 bits per heavy atom. The fourth-order valence-corrected chi connectivity index (χ4v) is 1.56. The molecule has 0 amide bonds. The van der Waals surface area contributed by atoms with Crippen molar-refractivity contribution in [1.82, 2.24) is 19.9 Å². The van der Waals surface area contributed by atoms with Crippen LogP contribution in [0.15, 0.2) is 41.0 Å². The van der Waals surface area contributed by atoms with E-state index in [1.165, 1.54) is 24.2 Å². The number of nitrogens with one attached hydrogen (secondary N) is 1. The van der Waals surface area contributed by atoms with Crippen LogP contribution in [0.25, 0.3) is 0 Å². The van der Waals surface area contributed by atoms with Gasteiger partial charge < -0.3 is 5.73 Å². The van der Waals surface area contributed by atoms with Crippen molar-refractivity contribution in [3.8, 4) is 0 Å². The highest BCUT2D eigenvalue weighted by molar-refractivity contribution is 7.99. The van der Waals surface area contributed by atoms with Gasteiger partial charge in [0.2, 0.25) is 0 Å². The van der Waals surface area contributed by atoms with E-state index in [4.69, 9.17) is 11.1 Å². The lowest BCUT2D eigenvalue weighted by Crippen LogP contribution is -2.13. The van der Waals surface area contributed by atoms with Crippen LogP contribution < -0.4 is 5.73 Å². The molecule has 0 fully saturated rings. The number of aromatic nitrogens is 4. The Labute approximate surface area is 95.9 Å². The molecule has 0 aliphatic carbocycles. The Balaban J connectivity index is 2.14. The summed E-state index contributed by atoms with van der Waals surface area (Å²) in [5.41, 5.74) is 5.63. The van der Waals surface area contributed by atoms with Gasteiger partial charge in [0, 0.05) is 12.4 Å². The first-order valence-electron chi connectivity index (χ1n) is 4.37. The number of rotatable bonds is 3. The summed E-state index contributed by atoms with van der Waals surface area (Å²) in [6.07, 6.45) is 6.31. The standard InChI is InChI=1S/C9H8N6S/c10-8(11)6-4-15-7(5-14-6)16-9-12-2-1-3-13-9/h1-5H,(H3,10,11). The van der Waals surface area contributed by atoms with Crippen molar-refractivity contribution in [2.45, 2.75) is 10.2 Å². The van der Waals surface area contributed by atoms with Gasteiger partial charge in [-0.1, -0.05) is 0 Å². The second-order valence-corrected chi connectivity index (χ2v) is 3.77. The van der Waals surface area contributed by atoms with Gasteiger partial charge in [-0.15, -0.1) is 0 Å². The van der Waals surface area contributed by atoms with Crippen molar-refractivity contribution in [1.29, 1.82) is 5.41 Å². The van der Waals surface area contributed by atoms with E-state index < -0.39 is 0 Å². The van der Waals surface area contributed by atoms with Gasteiger partial charge in [-0.05, 0) is 17.8 Å². The van der Waals surface area contributed by atoms with Gasteiger partial charge in [-0.3, -0.25) is 5.41 Å². The lowest BCUT2D eigenvalue weighted by atomic mass is 10.4. The summed E-state index contributed by atoms with van der Waals surface area (Å²) in [5, 5.41) is 8.44. The fraction of sp³-hybridized carbons (Fsp3) is 0. The molecule has 2 heterocycles. The summed E-state index contributed by atoms with van der Waals surface area (Å²) < 4.78 is 0. The number of nitrogen functional groups attached to an aromatic ring is 1. The number of hydrogen-bond acceptors (Lipinski definition) is 6. The van der Waals surface area contributed by atoms with Gasteiger partial charge in [0.25, 0.3) is 0 Å². The minimum Gasteiger partial charge on any atom is -0.382 e. The molecule has 2 aromatic heterocycles. The molecule has 0 saturated heterocycles. The molecule has 3 N–H and O–H groups in total. The minimum absolute atomic E-state index is 0.0972. The van der Waals surface area contributed by atoms with Crippen molar-refractivity contribution in [2.24, 2.45) is 5.73 Å². The van der Waals surface area contributed by atoms with E-state index in [1.807, 2.05) is 0 Å². The van der Waals surface area contributed by atoms with Gasteiger partial charge in [0.05, 0.1) is 12.4 Å². The van der Waals surface area contributed by atoms with Crippen molar-refractivity contribution >= 4 is 17.6 Å². The van der Waals surface area contributed by atoms with E-state index in [9.17, 15) is 0 Å². The Bertz CT molecular complexity index is 483. The van der Waals surface area contributed by atoms with E-state index in [0.29, 0.717) is 15.9 Å². The molecule has 7 heteroatoms. The second kappa shape index (κ2) is 4.67. The molecular weight excluding hydrogens is 224 g/mol. The Kier molecular flexibility index (Phi) is 3.06. The second-order valence-electron chi connectivity index (χ2n) is 2.79. The molecule has 0 aliphatic rings. The molecule has 0 aliphatic heterocycles. The smallest absolute Gasteiger partial charge is 0.193 e. The Hall–Kier alpha value is -2.02. The van der Waals surface area contributed by atoms with Crippen LogP contribution in [0.1, 0.15) is 5.69 Å². The van der Waals surface area contributed by atoms with Crippen LogP contribution in [0.4, 0.5) is 0 Å². The highest BCUT2D eigenvalue weighted by atomic mass is 32.2. The minimum atomic E-state index is -0.0972. The summed E-state index contributed by atoms with van der Waals surface area (Å²) in [4.78, 5) is 16.2. The van der Waals surface area contributed by atoms with E-state index >= 15 is 0 Å². The molecule has 80 valence electrons. The normalized spacial score (nSPS) is 10.0. The van der Waals surface area contributed by atoms with Crippen LogP contribution in [0, 0.1) is 5.41 Å². The van der Waals surface area contributed by atoms with Crippen molar-refractivity contribution in [3.63, 3.8) is 0 Å². The molecule has 0 spiro atoms. The zero-order chi connectivity index (χ0) is 11.4. The highest BCUT2D eigenvalue weighted by Crippen LogP contribution is 2.20. The molecule has 6 nitrogen and oxygen atoms in total. The van der Waals surface area contributed by atoms with Gasteiger partial charge >= 0.3 is 0 Å². The number of nitrogens with two attached hydrogens (primary N) is 1. The van der Waals surface area contributed by atoms with E-state index in [2.05, 4.69) is 19.9 Å². The van der Waals surface area contributed by atoms with Gasteiger partial charge in [-0.2, -0.15) is 0 Å². The number of amidine groups is 1. The summed E-state index contributed by atoms with van der Waals surface area (Å²) in [5.74, 6) is -0.0972. The largest absolute Gasteiger partial charge is 0.382 e. The molecule has 0 saturated carbocycles. The molecule has 0 radical (unpaired) electrons. The van der Waals surface area contributed by atoms with Gasteiger partial charge in [-0.25, -0.2) is 19.9 Å². The summed E-state index contributed by atoms with van der Waals surface area (Å²) in [7, 11) is 0. The lowest BCUT2D eigenvalue weighted by Gasteiger charge is -1.99. The third kappa shape index (κ3) is 2.51. The predicted octanol–water partition coefficient (Wildman–Crippen LogP) is 0.702. The van der Waals surface area contributed by atoms with Crippen LogP contribution in [-0.4, -0.2) is 25.8 Å². The Morgan fingerprint density at radius 2 is 1.88 bits per heavy atom. The third-order valence-corrected chi connectivity index (χ3v) is 2.46. The monoisotopic (exact) mass is 232 g/mol. The zero-order valence-electron chi connectivity index (χ0n) is 8.16. The van der Waals surface area contributed by atoms with Crippen molar-refractivity contribution in [3.05, 3.63) is 36.5 Å². The van der Waals surface area contributed by atoms with Crippen LogP contribution in [0.2, 0.25) is 0 Å². The van der Waals surface area contributed by atoms with Crippen molar-refractivity contribution < 1.29 is 0 Å². The number of hydrogen-bond donors (Lipinski definition) is 2. The molecule has 2 rings (SSSR count). The van der Waals surface area contributed by atoms with E-state index in [1.54, 1.807) is 18.5 Å². The average Bonchev–Trinajstić information content (AvgIpc) is 2.31. The molecule has 0 unspecified atom stereocenters. The van der Waals surface area contributed by atoms with E-state index in [-0.39, 0.29) is 5.84 Å². The summed E-state index contributed by atoms with van der Waals surface area (Å²) in [6, 6.07) is 1.74. The maximum atomic E-state index is 7.17. The van der Waals surface area contributed by atoms with Crippen LogP contribution in [-0.2, 0) is 0 Å². The van der Waals surface area contributed by atoms with Crippen LogP contribution in [0.3, 0.4) is 0 Å². The molecule has 0 bridgehead atoms. The van der Waals surface area contributed by atoms with Crippen LogP contribution in [0.5, 0.6) is 0 Å². The molecule has 0 atom stereocenters. The zero-order valence-corrected chi connectivity index (χ0v) is 8.98. The maximum absolute atomic E-state index is 7.17. The third-order valence-electron chi connectivity index (χ3n) is 1.64. The summed E-state index contributed by atoms with van der Waals surface area (Å²) in [6.45, 7) is 0. The molecular formula is C9H8N6S. The summed E-state index contributed by atoms with van der Waals surface area (Å²) >= 11 is 1.30. The topological polar surface area (TPSA) is 101 Å². The average molecular weight is 232 g/mol. The van der Waals surface area contributed by atoms with Crippen LogP contribution >= 0.6 is 11.8 Å². The Morgan fingerprint density at radius 3 is 2.44 bits per heavy atom. The lowest BCUT2D eigenvalue weighted by molar-refractivity contribution is 0.953.